The van der Waals surface area contributed by atoms with E-state index < -0.39 is 5.97 Å². The number of hydrogen-bond acceptors (Lipinski definition) is 5. The van der Waals surface area contributed by atoms with Crippen LogP contribution in [0.2, 0.25) is 0 Å². The largest absolute Gasteiger partial charge is 0.496 e. The maximum absolute atomic E-state index is 12.1. The first-order chi connectivity index (χ1) is 13.7. The van der Waals surface area contributed by atoms with E-state index in [1.54, 1.807) is 19.3 Å². The lowest BCUT2D eigenvalue weighted by atomic mass is 10.2. The highest BCUT2D eigenvalue weighted by Gasteiger charge is 2.23. The predicted molar refractivity (Wildman–Crippen MR) is 110 cm³/mol. The molecule has 144 valence electrons. The number of esters is 1. The molecular weight excluding hydrogens is 354 g/mol. The Kier molecular flexibility index (Phi) is 6.63. The highest BCUT2D eigenvalue weighted by molar-refractivity contribution is 6.11. The van der Waals surface area contributed by atoms with Gasteiger partial charge in [0, 0.05) is 11.1 Å². The fourth-order valence-electron chi connectivity index (χ4n) is 2.62. The Balaban J connectivity index is 1.70. The summed E-state index contributed by atoms with van der Waals surface area (Å²) in [5.74, 6) is 1.37. The number of unbranched alkanes of at least 4 members (excludes halogenated alkanes) is 1. The van der Waals surface area contributed by atoms with Gasteiger partial charge in [-0.05, 0) is 42.8 Å². The second-order valence-corrected chi connectivity index (χ2v) is 6.19. The van der Waals surface area contributed by atoms with Gasteiger partial charge in [-0.15, -0.1) is 0 Å². The first-order valence-electron chi connectivity index (χ1n) is 9.26. The highest BCUT2D eigenvalue weighted by atomic mass is 16.6. The van der Waals surface area contributed by atoms with E-state index in [-0.39, 0.29) is 5.70 Å². The van der Waals surface area contributed by atoms with Crippen molar-refractivity contribution in [2.75, 3.05) is 13.7 Å². The van der Waals surface area contributed by atoms with Crippen LogP contribution in [0.1, 0.15) is 30.9 Å². The second kappa shape index (κ2) is 9.55. The lowest BCUT2D eigenvalue weighted by Crippen LogP contribution is -2.05. The van der Waals surface area contributed by atoms with Gasteiger partial charge in [0.15, 0.2) is 5.70 Å². The van der Waals surface area contributed by atoms with Crippen LogP contribution in [0.3, 0.4) is 0 Å². The van der Waals surface area contributed by atoms with E-state index in [0.717, 1.165) is 35.5 Å². The van der Waals surface area contributed by atoms with Crippen LogP contribution in [-0.2, 0) is 9.53 Å². The van der Waals surface area contributed by atoms with Crippen LogP contribution in [0.15, 0.2) is 71.4 Å². The molecule has 1 heterocycles. The summed E-state index contributed by atoms with van der Waals surface area (Å²) in [6.07, 6.45) is 7.35. The molecule has 0 atom stereocenters. The van der Waals surface area contributed by atoms with Gasteiger partial charge in [-0.2, -0.15) is 0 Å². The Morgan fingerprint density at radius 1 is 1.11 bits per heavy atom. The fraction of sp³-hybridized carbons (Fsp3) is 0.217. The maximum atomic E-state index is 12.1. The van der Waals surface area contributed by atoms with Gasteiger partial charge in [-0.1, -0.05) is 43.7 Å². The van der Waals surface area contributed by atoms with E-state index >= 15 is 0 Å². The molecule has 1 aliphatic rings. The van der Waals surface area contributed by atoms with Crippen molar-refractivity contribution in [3.8, 4) is 11.5 Å². The number of ether oxygens (including phenoxy) is 3. The lowest BCUT2D eigenvalue weighted by Gasteiger charge is -2.05. The first kappa shape index (κ1) is 19.4. The maximum Gasteiger partial charge on any atom is 0.363 e. The summed E-state index contributed by atoms with van der Waals surface area (Å²) in [6.45, 7) is 2.81. The number of allylic oxidation sites excluding steroid dienone is 2. The van der Waals surface area contributed by atoms with Gasteiger partial charge in [-0.3, -0.25) is 0 Å². The Morgan fingerprint density at radius 2 is 1.89 bits per heavy atom. The van der Waals surface area contributed by atoms with Crippen LogP contribution in [0.4, 0.5) is 0 Å². The number of benzene rings is 2. The molecule has 0 amide bonds. The van der Waals surface area contributed by atoms with Crippen molar-refractivity contribution in [3.63, 3.8) is 0 Å². The average molecular weight is 377 g/mol. The minimum atomic E-state index is -0.469. The van der Waals surface area contributed by atoms with Crippen LogP contribution in [0, 0.1) is 0 Å². The number of nitrogens with zero attached hydrogens (tertiary/aromatic N) is 1. The normalized spacial score (nSPS) is 15.0. The fourth-order valence-corrected chi connectivity index (χ4v) is 2.62. The number of methoxy groups -OCH3 is 1. The SMILES string of the molecule is CCCCOc1ccc(C2=N/C(=C\C=C\c3ccccc3OC)C(=O)O2)cc1. The number of carbonyl (C=O) groups is 1. The standard InChI is InChI=1S/C23H23NO4/c1-3-4-16-27-19-14-12-18(13-15-19)22-24-20(23(25)28-22)10-7-9-17-8-5-6-11-21(17)26-2/h5-15H,3-4,16H2,1-2H3/b9-7+,20-10-. The predicted octanol–water partition coefficient (Wildman–Crippen LogP) is 4.77. The Morgan fingerprint density at radius 3 is 2.64 bits per heavy atom. The van der Waals surface area contributed by atoms with E-state index in [4.69, 9.17) is 14.2 Å². The van der Waals surface area contributed by atoms with Crippen LogP contribution < -0.4 is 9.47 Å². The smallest absolute Gasteiger partial charge is 0.363 e. The van der Waals surface area contributed by atoms with Crippen LogP contribution in [-0.4, -0.2) is 25.6 Å². The van der Waals surface area contributed by atoms with Crippen LogP contribution in [0.5, 0.6) is 11.5 Å². The van der Waals surface area contributed by atoms with Crippen molar-refractivity contribution in [2.24, 2.45) is 4.99 Å². The van der Waals surface area contributed by atoms with Gasteiger partial charge in [-0.25, -0.2) is 9.79 Å². The van der Waals surface area contributed by atoms with Gasteiger partial charge < -0.3 is 14.2 Å². The van der Waals surface area contributed by atoms with Gasteiger partial charge in [0.05, 0.1) is 13.7 Å². The van der Waals surface area contributed by atoms with Crippen molar-refractivity contribution < 1.29 is 19.0 Å². The van der Waals surface area contributed by atoms with Gasteiger partial charge in [0.25, 0.3) is 0 Å². The summed E-state index contributed by atoms with van der Waals surface area (Å²) in [4.78, 5) is 16.4. The molecule has 2 aromatic carbocycles. The third-order valence-electron chi connectivity index (χ3n) is 4.16. The molecule has 0 N–H and O–H groups in total. The van der Waals surface area contributed by atoms with Gasteiger partial charge in [0.1, 0.15) is 11.5 Å². The van der Waals surface area contributed by atoms with Crippen LogP contribution >= 0.6 is 0 Å². The van der Waals surface area contributed by atoms with E-state index in [9.17, 15) is 4.79 Å². The molecule has 5 nitrogen and oxygen atoms in total. The molecule has 0 radical (unpaired) electrons. The van der Waals surface area contributed by atoms with E-state index in [0.29, 0.717) is 12.5 Å². The summed E-state index contributed by atoms with van der Waals surface area (Å²) in [7, 11) is 1.62. The lowest BCUT2D eigenvalue weighted by molar-refractivity contribution is -0.130. The molecule has 0 bridgehead atoms. The summed E-state index contributed by atoms with van der Waals surface area (Å²) in [5, 5.41) is 0. The average Bonchev–Trinajstić information content (AvgIpc) is 3.10. The number of aliphatic imine (C=N–C) groups is 1. The van der Waals surface area contributed by atoms with Gasteiger partial charge >= 0.3 is 5.97 Å². The minimum Gasteiger partial charge on any atom is -0.496 e. The monoisotopic (exact) mass is 377 g/mol. The molecule has 28 heavy (non-hydrogen) atoms. The second-order valence-electron chi connectivity index (χ2n) is 6.19. The molecule has 3 rings (SSSR count). The van der Waals surface area contributed by atoms with Crippen molar-refractivity contribution in [1.29, 1.82) is 0 Å². The molecule has 5 heteroatoms. The van der Waals surface area contributed by atoms with Crippen LogP contribution in [0.25, 0.3) is 6.08 Å². The summed E-state index contributed by atoms with van der Waals surface area (Å²) >= 11 is 0. The molecule has 0 aliphatic carbocycles. The minimum absolute atomic E-state index is 0.254. The molecular formula is C23H23NO4. The molecule has 0 spiro atoms. The summed E-state index contributed by atoms with van der Waals surface area (Å²) in [5.41, 5.74) is 1.90. The molecule has 0 saturated carbocycles. The molecule has 0 saturated heterocycles. The Hall–Kier alpha value is -3.34. The number of para-hydroxylation sites is 1. The topological polar surface area (TPSA) is 57.1 Å². The van der Waals surface area contributed by atoms with E-state index in [2.05, 4.69) is 11.9 Å². The first-order valence-corrected chi connectivity index (χ1v) is 9.26. The number of hydrogen-bond donors (Lipinski definition) is 0. The van der Waals surface area contributed by atoms with Gasteiger partial charge in [0.2, 0.25) is 5.90 Å². The van der Waals surface area contributed by atoms with Crippen molar-refractivity contribution in [3.05, 3.63) is 77.5 Å². The summed E-state index contributed by atoms with van der Waals surface area (Å²) in [6, 6.07) is 15.0. The number of carbonyl (C=O) groups excluding carboxylic acids is 1. The quantitative estimate of drug-likeness (QED) is 0.378. The Labute approximate surface area is 165 Å². The molecule has 0 unspecified atom stereocenters. The third kappa shape index (κ3) is 4.88. The van der Waals surface area contributed by atoms with E-state index in [1.807, 2.05) is 54.6 Å². The number of rotatable bonds is 8. The number of cyclic esters (lactones) is 1. The zero-order valence-corrected chi connectivity index (χ0v) is 16.1. The molecule has 0 aromatic heterocycles. The van der Waals surface area contributed by atoms with E-state index in [1.165, 1.54) is 0 Å². The van der Waals surface area contributed by atoms with Crippen molar-refractivity contribution in [1.82, 2.24) is 0 Å². The molecule has 1 aliphatic heterocycles. The zero-order valence-electron chi connectivity index (χ0n) is 16.1. The third-order valence-corrected chi connectivity index (χ3v) is 4.16. The summed E-state index contributed by atoms with van der Waals surface area (Å²) < 4.78 is 16.2. The molecule has 0 fully saturated rings. The van der Waals surface area contributed by atoms with Crippen molar-refractivity contribution >= 4 is 17.9 Å². The Bertz CT molecular complexity index is 910. The highest BCUT2D eigenvalue weighted by Crippen LogP contribution is 2.21. The zero-order chi connectivity index (χ0) is 19.8. The molecule has 2 aromatic rings. The van der Waals surface area contributed by atoms with Crippen molar-refractivity contribution in [2.45, 2.75) is 19.8 Å².